The van der Waals surface area contributed by atoms with Crippen LogP contribution < -0.4 is 10.2 Å². The molecule has 0 spiro atoms. The zero-order chi connectivity index (χ0) is 14.4. The number of benzene rings is 1. The van der Waals surface area contributed by atoms with Gasteiger partial charge in [0, 0.05) is 11.4 Å². The summed E-state index contributed by atoms with van der Waals surface area (Å²) >= 11 is 5.82. The molecule has 0 atom stereocenters. The molecule has 2 amide bonds. The van der Waals surface area contributed by atoms with Crippen molar-refractivity contribution in [2.75, 3.05) is 19.8 Å². The predicted octanol–water partition coefficient (Wildman–Crippen LogP) is 1.98. The van der Waals surface area contributed by atoms with Crippen LogP contribution in [0, 0.1) is 0 Å². The lowest BCUT2D eigenvalue weighted by Gasteiger charge is -2.13. The molecule has 1 aromatic rings. The monoisotopic (exact) mass is 298 g/mol. The molecule has 7 heteroatoms. The number of amides is 2. The number of halogens is 1. The highest BCUT2D eigenvalue weighted by Crippen LogP contribution is 2.17. The summed E-state index contributed by atoms with van der Waals surface area (Å²) in [4.78, 5) is 22.7. The maximum absolute atomic E-state index is 11.6. The number of nitrogens with one attached hydrogen (secondary N) is 1. The standard InChI is InChI=1S/C13H15ClN2O4/c14-10-3-1-4-11(9-10)19-7-2-5-12(17)15-16-6-8-20-13(16)18/h1,3-4,9H,2,5-8H2,(H,15,17). The minimum absolute atomic E-state index is 0.237. The van der Waals surface area contributed by atoms with Crippen LogP contribution >= 0.6 is 11.6 Å². The van der Waals surface area contributed by atoms with E-state index >= 15 is 0 Å². The SMILES string of the molecule is O=C(CCCOc1cccc(Cl)c1)NN1CCOC1=O. The first-order chi connectivity index (χ1) is 9.65. The van der Waals surface area contributed by atoms with Crippen molar-refractivity contribution in [1.29, 1.82) is 0 Å². The van der Waals surface area contributed by atoms with Crippen molar-refractivity contribution in [2.45, 2.75) is 12.8 Å². The van der Waals surface area contributed by atoms with E-state index in [1.54, 1.807) is 24.3 Å². The van der Waals surface area contributed by atoms with Gasteiger partial charge in [-0.25, -0.2) is 9.80 Å². The number of ether oxygens (including phenoxy) is 2. The summed E-state index contributed by atoms with van der Waals surface area (Å²) in [5.41, 5.74) is 2.48. The van der Waals surface area contributed by atoms with Crippen molar-refractivity contribution >= 4 is 23.6 Å². The van der Waals surface area contributed by atoms with E-state index in [9.17, 15) is 9.59 Å². The average Bonchev–Trinajstić information content (AvgIpc) is 2.80. The summed E-state index contributed by atoms with van der Waals surface area (Å²) in [5, 5.41) is 1.77. The highest BCUT2D eigenvalue weighted by molar-refractivity contribution is 6.30. The van der Waals surface area contributed by atoms with E-state index < -0.39 is 6.09 Å². The fraction of sp³-hybridized carbons (Fsp3) is 0.385. The lowest BCUT2D eigenvalue weighted by molar-refractivity contribution is -0.124. The molecule has 0 bridgehead atoms. The lowest BCUT2D eigenvalue weighted by Crippen LogP contribution is -2.42. The normalized spacial score (nSPS) is 14.1. The van der Waals surface area contributed by atoms with E-state index in [1.807, 2.05) is 0 Å². The van der Waals surface area contributed by atoms with Gasteiger partial charge >= 0.3 is 6.09 Å². The lowest BCUT2D eigenvalue weighted by atomic mass is 10.3. The van der Waals surface area contributed by atoms with E-state index in [4.69, 9.17) is 21.1 Å². The Morgan fingerprint density at radius 2 is 2.35 bits per heavy atom. The third kappa shape index (κ3) is 4.31. The Morgan fingerprint density at radius 3 is 3.05 bits per heavy atom. The van der Waals surface area contributed by atoms with Gasteiger partial charge in [0.25, 0.3) is 0 Å². The topological polar surface area (TPSA) is 67.9 Å². The smallest absolute Gasteiger partial charge is 0.428 e. The van der Waals surface area contributed by atoms with E-state index in [0.717, 1.165) is 0 Å². The average molecular weight is 299 g/mol. The van der Waals surface area contributed by atoms with Gasteiger partial charge < -0.3 is 9.47 Å². The highest BCUT2D eigenvalue weighted by atomic mass is 35.5. The summed E-state index contributed by atoms with van der Waals surface area (Å²) in [6, 6.07) is 7.06. The molecule has 6 nitrogen and oxygen atoms in total. The zero-order valence-corrected chi connectivity index (χ0v) is 11.6. The summed E-state index contributed by atoms with van der Waals surface area (Å²) < 4.78 is 10.2. The van der Waals surface area contributed by atoms with Gasteiger partial charge in [-0.1, -0.05) is 17.7 Å². The number of carbonyl (C=O) groups is 2. The van der Waals surface area contributed by atoms with Crippen LogP contribution in [0.3, 0.4) is 0 Å². The molecular formula is C13H15ClN2O4. The molecule has 20 heavy (non-hydrogen) atoms. The molecule has 108 valence electrons. The van der Waals surface area contributed by atoms with Crippen molar-refractivity contribution in [3.05, 3.63) is 29.3 Å². The van der Waals surface area contributed by atoms with Gasteiger partial charge in [0.15, 0.2) is 0 Å². The van der Waals surface area contributed by atoms with Crippen LogP contribution in [0.4, 0.5) is 4.79 Å². The number of cyclic esters (lactones) is 1. The molecule has 0 aromatic heterocycles. The van der Waals surface area contributed by atoms with Gasteiger partial charge in [-0.15, -0.1) is 0 Å². The van der Waals surface area contributed by atoms with Gasteiger partial charge in [-0.2, -0.15) is 0 Å². The minimum Gasteiger partial charge on any atom is -0.494 e. The second-order valence-electron chi connectivity index (χ2n) is 4.21. The molecule has 0 unspecified atom stereocenters. The second kappa shape index (κ2) is 7.00. The van der Waals surface area contributed by atoms with Crippen LogP contribution in [-0.4, -0.2) is 36.8 Å². The van der Waals surface area contributed by atoms with Crippen molar-refractivity contribution in [2.24, 2.45) is 0 Å². The fourth-order valence-electron chi connectivity index (χ4n) is 1.68. The maximum atomic E-state index is 11.6. The third-order valence-electron chi connectivity index (χ3n) is 2.63. The number of rotatable bonds is 6. The highest BCUT2D eigenvalue weighted by Gasteiger charge is 2.23. The van der Waals surface area contributed by atoms with E-state index in [2.05, 4.69) is 5.43 Å². The summed E-state index contributed by atoms with van der Waals surface area (Å²) in [6.45, 7) is 1.08. The van der Waals surface area contributed by atoms with Gasteiger partial charge in [0.1, 0.15) is 12.4 Å². The number of carbonyl (C=O) groups excluding carboxylic acids is 2. The Morgan fingerprint density at radius 1 is 1.50 bits per heavy atom. The van der Waals surface area contributed by atoms with Gasteiger partial charge in [0.05, 0.1) is 13.2 Å². The summed E-state index contributed by atoms with van der Waals surface area (Å²) in [6.07, 6.45) is 0.291. The van der Waals surface area contributed by atoms with Gasteiger partial charge in [-0.3, -0.25) is 10.2 Å². The fourth-order valence-corrected chi connectivity index (χ4v) is 1.86. The molecule has 2 rings (SSSR count). The molecular weight excluding hydrogens is 284 g/mol. The van der Waals surface area contributed by atoms with Crippen LogP contribution in [-0.2, 0) is 9.53 Å². The van der Waals surface area contributed by atoms with Crippen LogP contribution in [0.25, 0.3) is 0 Å². The van der Waals surface area contributed by atoms with E-state index in [-0.39, 0.29) is 12.3 Å². The van der Waals surface area contributed by atoms with Crippen molar-refractivity contribution in [3.63, 3.8) is 0 Å². The van der Waals surface area contributed by atoms with Crippen LogP contribution in [0.2, 0.25) is 5.02 Å². The first-order valence-electron chi connectivity index (χ1n) is 6.27. The summed E-state index contributed by atoms with van der Waals surface area (Å²) in [7, 11) is 0. The molecule has 0 aliphatic carbocycles. The predicted molar refractivity (Wildman–Crippen MR) is 72.4 cm³/mol. The van der Waals surface area contributed by atoms with Crippen molar-refractivity contribution in [3.8, 4) is 5.75 Å². The first kappa shape index (κ1) is 14.5. The molecule has 1 saturated heterocycles. The largest absolute Gasteiger partial charge is 0.494 e. The molecule has 0 radical (unpaired) electrons. The first-order valence-corrected chi connectivity index (χ1v) is 6.65. The van der Waals surface area contributed by atoms with E-state index in [1.165, 1.54) is 5.01 Å². The zero-order valence-electron chi connectivity index (χ0n) is 10.8. The Labute approximate surface area is 121 Å². The van der Waals surface area contributed by atoms with Gasteiger partial charge in [-0.05, 0) is 24.6 Å². The minimum atomic E-state index is -0.520. The van der Waals surface area contributed by atoms with E-state index in [0.29, 0.717) is 37.0 Å². The van der Waals surface area contributed by atoms with Crippen LogP contribution in [0.1, 0.15) is 12.8 Å². The third-order valence-corrected chi connectivity index (χ3v) is 2.87. The Bertz CT molecular complexity index is 495. The molecule has 1 N–H and O–H groups in total. The van der Waals surface area contributed by atoms with Crippen molar-refractivity contribution in [1.82, 2.24) is 10.4 Å². The second-order valence-corrected chi connectivity index (χ2v) is 4.65. The molecule has 1 fully saturated rings. The number of hydrogen-bond acceptors (Lipinski definition) is 4. The molecule has 1 aliphatic rings. The molecule has 1 heterocycles. The quantitative estimate of drug-likeness (QED) is 0.816. The molecule has 1 aliphatic heterocycles. The van der Waals surface area contributed by atoms with Crippen LogP contribution in [0.15, 0.2) is 24.3 Å². The van der Waals surface area contributed by atoms with Crippen molar-refractivity contribution < 1.29 is 19.1 Å². The number of hydrazine groups is 1. The number of hydrogen-bond donors (Lipinski definition) is 1. The van der Waals surface area contributed by atoms with Crippen LogP contribution in [0.5, 0.6) is 5.75 Å². The molecule has 1 aromatic carbocycles. The van der Waals surface area contributed by atoms with Gasteiger partial charge in [0.2, 0.25) is 5.91 Å². The Hall–Kier alpha value is -1.95. The summed E-state index contributed by atoms with van der Waals surface area (Å²) in [5.74, 6) is 0.430. The molecule has 0 saturated carbocycles. The Kier molecular flexibility index (Phi) is 5.06. The maximum Gasteiger partial charge on any atom is 0.428 e. The number of nitrogens with zero attached hydrogens (tertiary/aromatic N) is 1. The Balaban J connectivity index is 1.63.